The molecule has 94 valence electrons. The van der Waals surface area contributed by atoms with Gasteiger partial charge in [-0.25, -0.2) is 10.0 Å². The number of hydrogen-bond donors (Lipinski definition) is 0. The Balaban J connectivity index is 2.55. The Hall–Kier alpha value is -1.46. The molecule has 0 aliphatic carbocycles. The van der Waals surface area contributed by atoms with Gasteiger partial charge in [-0.3, -0.25) is 10.1 Å². The van der Waals surface area contributed by atoms with Crippen LogP contribution in [0.2, 0.25) is 0 Å². The Bertz CT molecular complexity index is 363. The zero-order chi connectivity index (χ0) is 12.8. The topological polar surface area (TPSA) is 49.6 Å². The second-order valence-corrected chi connectivity index (χ2v) is 4.07. The van der Waals surface area contributed by atoms with Gasteiger partial charge in [0.1, 0.15) is 0 Å². The average molecular weight is 237 g/mol. The average Bonchev–Trinajstić information content (AvgIpc) is 2.30. The SMILES string of the molecule is CCN(CCc1ccc([N+](=O)[O-])cc1)N(C)C. The fraction of sp³-hybridized carbons (Fsp3) is 0.500. The standard InChI is InChI=1S/C12H19N3O2/c1-4-14(13(2)3)10-9-11-5-7-12(8-6-11)15(16)17/h5-8H,4,9-10H2,1-3H3. The number of benzene rings is 1. The minimum absolute atomic E-state index is 0.147. The monoisotopic (exact) mass is 237 g/mol. The van der Waals surface area contributed by atoms with Crippen molar-refractivity contribution in [2.24, 2.45) is 0 Å². The van der Waals surface area contributed by atoms with Crippen molar-refractivity contribution in [1.29, 1.82) is 0 Å². The molecule has 0 radical (unpaired) electrons. The smallest absolute Gasteiger partial charge is 0.258 e. The maximum atomic E-state index is 10.5. The first kappa shape index (κ1) is 13.6. The fourth-order valence-corrected chi connectivity index (χ4v) is 1.68. The van der Waals surface area contributed by atoms with E-state index < -0.39 is 0 Å². The third-order valence-corrected chi connectivity index (χ3v) is 2.74. The molecule has 1 rings (SSSR count). The molecule has 0 aromatic heterocycles. The van der Waals surface area contributed by atoms with Gasteiger partial charge in [0.05, 0.1) is 4.92 Å². The van der Waals surface area contributed by atoms with Crippen LogP contribution in [0, 0.1) is 10.1 Å². The number of rotatable bonds is 6. The van der Waals surface area contributed by atoms with Gasteiger partial charge in [0.15, 0.2) is 0 Å². The molecule has 5 heteroatoms. The molecule has 0 atom stereocenters. The van der Waals surface area contributed by atoms with Gasteiger partial charge in [0, 0.05) is 39.3 Å². The van der Waals surface area contributed by atoms with Crippen molar-refractivity contribution in [2.75, 3.05) is 27.2 Å². The van der Waals surface area contributed by atoms with E-state index >= 15 is 0 Å². The highest BCUT2D eigenvalue weighted by molar-refractivity contribution is 5.32. The molecular formula is C12H19N3O2. The first-order valence-corrected chi connectivity index (χ1v) is 5.70. The molecule has 0 aliphatic rings. The highest BCUT2D eigenvalue weighted by atomic mass is 16.6. The Labute approximate surface area is 102 Å². The summed E-state index contributed by atoms with van der Waals surface area (Å²) >= 11 is 0. The van der Waals surface area contributed by atoms with E-state index in [-0.39, 0.29) is 10.6 Å². The largest absolute Gasteiger partial charge is 0.269 e. The Morgan fingerprint density at radius 2 is 1.82 bits per heavy atom. The molecule has 0 heterocycles. The maximum absolute atomic E-state index is 10.5. The Kier molecular flexibility index (Phi) is 5.06. The number of hydrazine groups is 1. The van der Waals surface area contributed by atoms with Crippen LogP contribution in [0.1, 0.15) is 12.5 Å². The molecule has 0 fully saturated rings. The van der Waals surface area contributed by atoms with Crippen molar-refractivity contribution in [1.82, 2.24) is 10.0 Å². The zero-order valence-corrected chi connectivity index (χ0v) is 10.6. The minimum atomic E-state index is -0.373. The number of non-ortho nitro benzene ring substituents is 1. The van der Waals surface area contributed by atoms with E-state index in [0.717, 1.165) is 25.1 Å². The lowest BCUT2D eigenvalue weighted by atomic mass is 10.1. The van der Waals surface area contributed by atoms with Gasteiger partial charge >= 0.3 is 0 Å². The van der Waals surface area contributed by atoms with E-state index in [9.17, 15) is 10.1 Å². The molecule has 5 nitrogen and oxygen atoms in total. The van der Waals surface area contributed by atoms with E-state index in [1.54, 1.807) is 12.1 Å². The number of nitro groups is 1. The Morgan fingerprint density at radius 1 is 1.24 bits per heavy atom. The molecule has 0 aliphatic heterocycles. The van der Waals surface area contributed by atoms with Gasteiger partial charge in [0.2, 0.25) is 0 Å². The van der Waals surface area contributed by atoms with Crippen LogP contribution < -0.4 is 0 Å². The first-order chi connectivity index (χ1) is 8.04. The molecule has 0 amide bonds. The van der Waals surface area contributed by atoms with Crippen LogP contribution in [0.3, 0.4) is 0 Å². The van der Waals surface area contributed by atoms with Crippen LogP contribution in [0.15, 0.2) is 24.3 Å². The van der Waals surface area contributed by atoms with Gasteiger partial charge in [-0.2, -0.15) is 0 Å². The maximum Gasteiger partial charge on any atom is 0.269 e. The highest BCUT2D eigenvalue weighted by Gasteiger charge is 2.07. The van der Waals surface area contributed by atoms with Crippen molar-refractivity contribution in [3.63, 3.8) is 0 Å². The van der Waals surface area contributed by atoms with E-state index in [2.05, 4.69) is 16.9 Å². The van der Waals surface area contributed by atoms with Crippen LogP contribution in [-0.4, -0.2) is 42.1 Å². The molecule has 0 unspecified atom stereocenters. The van der Waals surface area contributed by atoms with Crippen molar-refractivity contribution in [3.05, 3.63) is 39.9 Å². The first-order valence-electron chi connectivity index (χ1n) is 5.70. The van der Waals surface area contributed by atoms with Crippen molar-refractivity contribution < 1.29 is 4.92 Å². The number of hydrogen-bond acceptors (Lipinski definition) is 4. The molecule has 0 bridgehead atoms. The van der Waals surface area contributed by atoms with E-state index in [4.69, 9.17) is 0 Å². The van der Waals surface area contributed by atoms with Crippen LogP contribution in [0.4, 0.5) is 5.69 Å². The molecule has 17 heavy (non-hydrogen) atoms. The summed E-state index contributed by atoms with van der Waals surface area (Å²) in [5.41, 5.74) is 1.27. The fourth-order valence-electron chi connectivity index (χ4n) is 1.68. The molecule has 0 spiro atoms. The van der Waals surface area contributed by atoms with Crippen molar-refractivity contribution in [3.8, 4) is 0 Å². The van der Waals surface area contributed by atoms with Gasteiger partial charge < -0.3 is 0 Å². The van der Waals surface area contributed by atoms with Crippen molar-refractivity contribution >= 4 is 5.69 Å². The molecule has 0 saturated carbocycles. The Morgan fingerprint density at radius 3 is 2.24 bits per heavy atom. The molecule has 1 aromatic rings. The van der Waals surface area contributed by atoms with Gasteiger partial charge in [-0.05, 0) is 12.0 Å². The molecule has 0 saturated heterocycles. The highest BCUT2D eigenvalue weighted by Crippen LogP contribution is 2.12. The summed E-state index contributed by atoms with van der Waals surface area (Å²) in [6, 6.07) is 6.76. The summed E-state index contributed by atoms with van der Waals surface area (Å²) < 4.78 is 0. The predicted octanol–water partition coefficient (Wildman–Crippen LogP) is 1.94. The van der Waals surface area contributed by atoms with E-state index in [1.165, 1.54) is 0 Å². The van der Waals surface area contributed by atoms with Crippen LogP contribution in [-0.2, 0) is 6.42 Å². The van der Waals surface area contributed by atoms with Gasteiger partial charge in [0.25, 0.3) is 5.69 Å². The lowest BCUT2D eigenvalue weighted by Crippen LogP contribution is -2.38. The molecule has 1 aromatic carbocycles. The lowest BCUT2D eigenvalue weighted by molar-refractivity contribution is -0.384. The van der Waals surface area contributed by atoms with E-state index in [1.807, 2.05) is 26.2 Å². The van der Waals surface area contributed by atoms with Gasteiger partial charge in [-0.15, -0.1) is 0 Å². The quantitative estimate of drug-likeness (QED) is 0.560. The van der Waals surface area contributed by atoms with Crippen LogP contribution in [0.25, 0.3) is 0 Å². The number of likely N-dealkylation sites (N-methyl/N-ethyl adjacent to an activating group) is 1. The second kappa shape index (κ2) is 6.32. The molecule has 0 N–H and O–H groups in total. The number of nitrogens with zero attached hydrogens (tertiary/aromatic N) is 3. The minimum Gasteiger partial charge on any atom is -0.258 e. The summed E-state index contributed by atoms with van der Waals surface area (Å²) in [6.45, 7) is 3.98. The predicted molar refractivity (Wildman–Crippen MR) is 67.7 cm³/mol. The lowest BCUT2D eigenvalue weighted by Gasteiger charge is -2.27. The third kappa shape index (κ3) is 4.13. The second-order valence-electron chi connectivity index (χ2n) is 4.07. The zero-order valence-electron chi connectivity index (χ0n) is 10.6. The summed E-state index contributed by atoms with van der Waals surface area (Å²) in [5, 5.41) is 14.8. The normalized spacial score (nSPS) is 11.1. The summed E-state index contributed by atoms with van der Waals surface area (Å²) in [7, 11) is 4.03. The van der Waals surface area contributed by atoms with Gasteiger partial charge in [-0.1, -0.05) is 19.1 Å². The van der Waals surface area contributed by atoms with E-state index in [0.29, 0.717) is 0 Å². The number of nitro benzene ring substituents is 1. The van der Waals surface area contributed by atoms with Crippen molar-refractivity contribution in [2.45, 2.75) is 13.3 Å². The third-order valence-electron chi connectivity index (χ3n) is 2.74. The summed E-state index contributed by atoms with van der Waals surface area (Å²) in [4.78, 5) is 10.1. The summed E-state index contributed by atoms with van der Waals surface area (Å²) in [6.07, 6.45) is 0.893. The van der Waals surface area contributed by atoms with Crippen LogP contribution >= 0.6 is 0 Å². The molecular weight excluding hydrogens is 218 g/mol. The van der Waals surface area contributed by atoms with Crippen LogP contribution in [0.5, 0.6) is 0 Å². The summed E-state index contributed by atoms with van der Waals surface area (Å²) in [5.74, 6) is 0.